The van der Waals surface area contributed by atoms with Gasteiger partial charge in [0.1, 0.15) is 5.56 Å². The Morgan fingerprint density at radius 1 is 1.62 bits per heavy atom. The summed E-state index contributed by atoms with van der Waals surface area (Å²) in [6, 6.07) is 1.44. The van der Waals surface area contributed by atoms with Crippen LogP contribution < -0.4 is 5.56 Å². The largest absolute Gasteiger partial charge is 0.465 e. The third-order valence-electron chi connectivity index (χ3n) is 1.56. The van der Waals surface area contributed by atoms with Gasteiger partial charge in [0.15, 0.2) is 0 Å². The minimum atomic E-state index is -0.623. The number of aromatic nitrogens is 1. The van der Waals surface area contributed by atoms with Crippen molar-refractivity contribution in [2.75, 3.05) is 7.11 Å². The number of pyridine rings is 1. The number of rotatable bonds is 1. The van der Waals surface area contributed by atoms with Gasteiger partial charge in [0.25, 0.3) is 5.56 Å². The van der Waals surface area contributed by atoms with Crippen LogP contribution in [0.4, 0.5) is 0 Å². The number of nitrogens with zero attached hydrogens (tertiary/aromatic N) is 1. The summed E-state index contributed by atoms with van der Waals surface area (Å²) in [6.45, 7) is 0. The van der Waals surface area contributed by atoms with Gasteiger partial charge in [-0.15, -0.1) is 0 Å². The number of aryl methyl sites for hydroxylation is 1. The van der Waals surface area contributed by atoms with E-state index in [1.165, 1.54) is 17.7 Å². The van der Waals surface area contributed by atoms with Crippen molar-refractivity contribution in [3.63, 3.8) is 0 Å². The minimum absolute atomic E-state index is 0.0272. The second kappa shape index (κ2) is 3.74. The van der Waals surface area contributed by atoms with Crippen molar-refractivity contribution in [3.8, 4) is 0 Å². The van der Waals surface area contributed by atoms with E-state index in [0.717, 1.165) is 0 Å². The molecule has 4 nitrogen and oxygen atoms in total. The Balaban J connectivity index is 3.37. The molecule has 0 fully saturated rings. The van der Waals surface area contributed by atoms with Gasteiger partial charge in [0, 0.05) is 17.7 Å². The lowest BCUT2D eigenvalue weighted by Gasteiger charge is -2.02. The van der Waals surface area contributed by atoms with Crippen molar-refractivity contribution in [2.24, 2.45) is 7.05 Å². The lowest BCUT2D eigenvalue weighted by Crippen LogP contribution is -2.24. The van der Waals surface area contributed by atoms with Gasteiger partial charge in [-0.25, -0.2) is 4.79 Å². The molecule has 0 aliphatic carbocycles. The first-order chi connectivity index (χ1) is 6.06. The summed E-state index contributed by atoms with van der Waals surface area (Å²) >= 11 is 3.18. The van der Waals surface area contributed by atoms with Gasteiger partial charge in [-0.05, 0) is 22.0 Å². The van der Waals surface area contributed by atoms with Crippen molar-refractivity contribution in [3.05, 3.63) is 32.7 Å². The zero-order valence-electron chi connectivity index (χ0n) is 7.20. The second-order valence-electron chi connectivity index (χ2n) is 2.48. The van der Waals surface area contributed by atoms with Crippen LogP contribution in [0.2, 0.25) is 0 Å². The Kier molecular flexibility index (Phi) is 2.87. The predicted molar refractivity (Wildman–Crippen MR) is 50.7 cm³/mol. The van der Waals surface area contributed by atoms with Gasteiger partial charge >= 0.3 is 5.97 Å². The zero-order chi connectivity index (χ0) is 10.0. The molecule has 1 aromatic rings. The smallest absolute Gasteiger partial charge is 0.343 e. The topological polar surface area (TPSA) is 48.3 Å². The zero-order valence-corrected chi connectivity index (χ0v) is 8.79. The number of carbonyl (C=O) groups is 1. The number of halogens is 1. The van der Waals surface area contributed by atoms with Gasteiger partial charge in [0.05, 0.1) is 7.11 Å². The summed E-state index contributed by atoms with van der Waals surface area (Å²) in [6.07, 6.45) is 1.58. The molecule has 0 spiro atoms. The van der Waals surface area contributed by atoms with Crippen LogP contribution in [-0.4, -0.2) is 17.6 Å². The number of hydrogen-bond donors (Lipinski definition) is 0. The Morgan fingerprint density at radius 2 is 2.23 bits per heavy atom. The third kappa shape index (κ3) is 1.98. The molecule has 1 heterocycles. The Labute approximate surface area is 83.3 Å². The average molecular weight is 246 g/mol. The highest BCUT2D eigenvalue weighted by Crippen LogP contribution is 2.08. The molecule has 0 bridgehead atoms. The van der Waals surface area contributed by atoms with E-state index in [1.54, 1.807) is 13.2 Å². The standard InChI is InChI=1S/C8H8BrNO3/c1-10-4-5(9)3-6(7(10)11)8(12)13-2/h3-4H,1-2H3. The van der Waals surface area contributed by atoms with Crippen molar-refractivity contribution < 1.29 is 9.53 Å². The van der Waals surface area contributed by atoms with Crippen LogP contribution in [0.15, 0.2) is 21.5 Å². The third-order valence-corrected chi connectivity index (χ3v) is 1.99. The highest BCUT2D eigenvalue weighted by atomic mass is 79.9. The molecule has 0 atom stereocenters. The number of esters is 1. The quantitative estimate of drug-likeness (QED) is 0.692. The van der Waals surface area contributed by atoms with E-state index < -0.39 is 5.97 Å². The molecule has 1 aromatic heterocycles. The Morgan fingerprint density at radius 3 is 2.77 bits per heavy atom. The molecule has 70 valence electrons. The SMILES string of the molecule is COC(=O)c1cc(Br)cn(C)c1=O. The number of methoxy groups -OCH3 is 1. The predicted octanol–water partition coefficient (Wildman–Crippen LogP) is 0.934. The summed E-state index contributed by atoms with van der Waals surface area (Å²) in [4.78, 5) is 22.4. The molecule has 0 radical (unpaired) electrons. The summed E-state index contributed by atoms with van der Waals surface area (Å²) in [5, 5.41) is 0. The van der Waals surface area contributed by atoms with Gasteiger partial charge < -0.3 is 9.30 Å². The van der Waals surface area contributed by atoms with Gasteiger partial charge in [-0.1, -0.05) is 0 Å². The highest BCUT2D eigenvalue weighted by Gasteiger charge is 2.12. The first kappa shape index (κ1) is 9.98. The molecule has 1 rings (SSSR count). The fraction of sp³-hybridized carbons (Fsp3) is 0.250. The monoisotopic (exact) mass is 245 g/mol. The van der Waals surface area contributed by atoms with Gasteiger partial charge in [-0.2, -0.15) is 0 Å². The average Bonchev–Trinajstić information content (AvgIpc) is 2.10. The molecule has 0 saturated carbocycles. The maximum Gasteiger partial charge on any atom is 0.343 e. The van der Waals surface area contributed by atoms with Gasteiger partial charge in [0.2, 0.25) is 0 Å². The van der Waals surface area contributed by atoms with Crippen LogP contribution in [0.5, 0.6) is 0 Å². The highest BCUT2D eigenvalue weighted by molar-refractivity contribution is 9.10. The molecule has 0 aliphatic heterocycles. The summed E-state index contributed by atoms with van der Waals surface area (Å²) in [5.74, 6) is -0.623. The van der Waals surface area contributed by atoms with Crippen molar-refractivity contribution in [2.45, 2.75) is 0 Å². The first-order valence-electron chi connectivity index (χ1n) is 3.50. The molecular weight excluding hydrogens is 238 g/mol. The molecular formula is C8H8BrNO3. The molecule has 0 amide bonds. The van der Waals surface area contributed by atoms with E-state index in [4.69, 9.17) is 0 Å². The molecule has 0 aromatic carbocycles. The molecule has 5 heteroatoms. The van der Waals surface area contributed by atoms with E-state index >= 15 is 0 Å². The summed E-state index contributed by atoms with van der Waals surface area (Å²) < 4.78 is 6.43. The lowest BCUT2D eigenvalue weighted by molar-refractivity contribution is 0.0598. The van der Waals surface area contributed by atoms with E-state index in [1.807, 2.05) is 0 Å². The van der Waals surface area contributed by atoms with Crippen LogP contribution in [0.1, 0.15) is 10.4 Å². The molecule has 0 unspecified atom stereocenters. The van der Waals surface area contributed by atoms with E-state index in [-0.39, 0.29) is 11.1 Å². The fourth-order valence-electron chi connectivity index (χ4n) is 0.927. The molecule has 0 saturated heterocycles. The van der Waals surface area contributed by atoms with E-state index in [0.29, 0.717) is 4.47 Å². The normalized spacial score (nSPS) is 9.77. The molecule has 0 N–H and O–H groups in total. The van der Waals surface area contributed by atoms with Gasteiger partial charge in [-0.3, -0.25) is 4.79 Å². The van der Waals surface area contributed by atoms with Crippen LogP contribution in [0, 0.1) is 0 Å². The number of carbonyl (C=O) groups excluding carboxylic acids is 1. The Bertz CT molecular complexity index is 397. The van der Waals surface area contributed by atoms with Crippen LogP contribution in [0.25, 0.3) is 0 Å². The maximum atomic E-state index is 11.4. The van der Waals surface area contributed by atoms with Crippen LogP contribution >= 0.6 is 15.9 Å². The van der Waals surface area contributed by atoms with E-state index in [2.05, 4.69) is 20.7 Å². The summed E-state index contributed by atoms with van der Waals surface area (Å²) in [5.41, 5.74) is -0.338. The first-order valence-corrected chi connectivity index (χ1v) is 4.30. The van der Waals surface area contributed by atoms with Crippen molar-refractivity contribution >= 4 is 21.9 Å². The van der Waals surface area contributed by atoms with Crippen molar-refractivity contribution in [1.82, 2.24) is 4.57 Å². The summed E-state index contributed by atoms with van der Waals surface area (Å²) in [7, 11) is 2.81. The van der Waals surface area contributed by atoms with Crippen LogP contribution in [-0.2, 0) is 11.8 Å². The van der Waals surface area contributed by atoms with E-state index in [9.17, 15) is 9.59 Å². The second-order valence-corrected chi connectivity index (χ2v) is 3.40. The van der Waals surface area contributed by atoms with Crippen LogP contribution in [0.3, 0.4) is 0 Å². The van der Waals surface area contributed by atoms with Crippen molar-refractivity contribution in [1.29, 1.82) is 0 Å². The lowest BCUT2D eigenvalue weighted by atomic mass is 10.3. The molecule has 13 heavy (non-hydrogen) atoms. The minimum Gasteiger partial charge on any atom is -0.465 e. The maximum absolute atomic E-state index is 11.4. The number of ether oxygens (including phenoxy) is 1. The number of hydrogen-bond acceptors (Lipinski definition) is 3. The Hall–Kier alpha value is -1.10. The molecule has 0 aliphatic rings. The fourth-order valence-corrected chi connectivity index (χ4v) is 1.46.